The number of aryl methyl sites for hydroxylation is 1. The van der Waals surface area contributed by atoms with Crippen LogP contribution >= 0.6 is 11.3 Å². The van der Waals surface area contributed by atoms with E-state index >= 15 is 0 Å². The maximum atomic E-state index is 11.9. The predicted octanol–water partition coefficient (Wildman–Crippen LogP) is 3.26. The molecule has 3 heterocycles. The van der Waals surface area contributed by atoms with E-state index < -0.39 is 0 Å². The number of aromatic nitrogens is 3. The van der Waals surface area contributed by atoms with Crippen LogP contribution in [0.1, 0.15) is 25.5 Å². The molecule has 4 rings (SSSR count). The lowest BCUT2D eigenvalue weighted by Crippen LogP contribution is -2.14. The minimum atomic E-state index is -0.0273. The predicted molar refractivity (Wildman–Crippen MR) is 91.1 cm³/mol. The number of rotatable bonds is 4. The highest BCUT2D eigenvalue weighted by molar-refractivity contribution is 7.20. The van der Waals surface area contributed by atoms with Crippen molar-refractivity contribution in [1.82, 2.24) is 14.8 Å². The van der Waals surface area contributed by atoms with Crippen molar-refractivity contribution >= 4 is 33.3 Å². The Labute approximate surface area is 142 Å². The van der Waals surface area contributed by atoms with Crippen molar-refractivity contribution < 1.29 is 14.3 Å². The van der Waals surface area contributed by atoms with E-state index in [1.807, 2.05) is 32.0 Å². The zero-order chi connectivity index (χ0) is 16.7. The third kappa shape index (κ3) is 2.58. The number of fused-ring (bicyclic) bond motifs is 2. The monoisotopic (exact) mass is 344 g/mol. The van der Waals surface area contributed by atoms with Crippen LogP contribution < -0.4 is 14.8 Å². The average Bonchev–Trinajstić information content (AvgIpc) is 3.22. The van der Waals surface area contributed by atoms with Crippen LogP contribution in [0.25, 0.3) is 15.3 Å². The Bertz CT molecular complexity index is 890. The van der Waals surface area contributed by atoms with Gasteiger partial charge >= 0.3 is 0 Å². The van der Waals surface area contributed by atoms with Gasteiger partial charge in [0.05, 0.1) is 15.9 Å². The number of amides is 1. The molecule has 0 radical (unpaired) electrons. The first-order chi connectivity index (χ1) is 11.6. The summed E-state index contributed by atoms with van der Waals surface area (Å²) in [6.07, 6.45) is 1.27. The van der Waals surface area contributed by atoms with E-state index in [0.29, 0.717) is 23.1 Å². The Balaban J connectivity index is 1.73. The first-order valence-electron chi connectivity index (χ1n) is 7.71. The summed E-state index contributed by atoms with van der Waals surface area (Å²) in [6, 6.07) is 5.62. The Morgan fingerprint density at radius 1 is 1.33 bits per heavy atom. The lowest BCUT2D eigenvalue weighted by Gasteiger charge is -2.05. The molecule has 7 nitrogen and oxygen atoms in total. The van der Waals surface area contributed by atoms with Crippen LogP contribution in [0.4, 0.5) is 5.82 Å². The van der Waals surface area contributed by atoms with E-state index in [2.05, 4.69) is 15.4 Å². The number of hydrogen-bond donors (Lipinski definition) is 1. The van der Waals surface area contributed by atoms with Crippen LogP contribution in [-0.4, -0.2) is 27.5 Å². The molecule has 1 N–H and O–H groups in total. The van der Waals surface area contributed by atoms with E-state index in [1.54, 1.807) is 4.68 Å². The second-order valence-corrected chi connectivity index (χ2v) is 6.56. The van der Waals surface area contributed by atoms with E-state index in [1.165, 1.54) is 11.3 Å². The average molecular weight is 344 g/mol. The molecule has 1 aliphatic heterocycles. The van der Waals surface area contributed by atoms with Crippen LogP contribution in [0.5, 0.6) is 11.5 Å². The Hall–Kier alpha value is -2.61. The standard InChI is InChI=1S/C16H16N4O3S/c1-3-4-15(21)18-14-5-9(2)19-20(14)16-17-10-6-11-12(23-8-22-11)7-13(10)24-16/h5-7H,3-4,8H2,1-2H3,(H,18,21). The van der Waals surface area contributed by atoms with Gasteiger partial charge in [0.2, 0.25) is 17.8 Å². The summed E-state index contributed by atoms with van der Waals surface area (Å²) < 4.78 is 13.4. The highest BCUT2D eigenvalue weighted by Gasteiger charge is 2.19. The van der Waals surface area contributed by atoms with Gasteiger partial charge in [0, 0.05) is 24.6 Å². The molecule has 0 bridgehead atoms. The summed E-state index contributed by atoms with van der Waals surface area (Å²) in [5.74, 6) is 2.03. The van der Waals surface area contributed by atoms with E-state index in [0.717, 1.165) is 28.1 Å². The highest BCUT2D eigenvalue weighted by atomic mass is 32.1. The van der Waals surface area contributed by atoms with Gasteiger partial charge in [-0.3, -0.25) is 4.79 Å². The number of ether oxygens (including phenoxy) is 2. The number of thiazole rings is 1. The number of benzene rings is 1. The van der Waals surface area contributed by atoms with Gasteiger partial charge < -0.3 is 14.8 Å². The molecule has 0 saturated carbocycles. The number of carbonyl (C=O) groups is 1. The van der Waals surface area contributed by atoms with Gasteiger partial charge in [-0.15, -0.1) is 0 Å². The van der Waals surface area contributed by atoms with Crippen molar-refractivity contribution in [2.24, 2.45) is 0 Å². The molecule has 0 saturated heterocycles. The van der Waals surface area contributed by atoms with Gasteiger partial charge in [-0.1, -0.05) is 18.3 Å². The molecular weight excluding hydrogens is 328 g/mol. The maximum absolute atomic E-state index is 11.9. The van der Waals surface area contributed by atoms with Crippen molar-refractivity contribution in [3.8, 4) is 16.6 Å². The molecule has 0 atom stereocenters. The number of nitrogens with one attached hydrogen (secondary N) is 1. The molecule has 24 heavy (non-hydrogen) atoms. The van der Waals surface area contributed by atoms with Gasteiger partial charge in [0.25, 0.3) is 0 Å². The van der Waals surface area contributed by atoms with Crippen molar-refractivity contribution in [3.05, 3.63) is 23.9 Å². The largest absolute Gasteiger partial charge is 0.454 e. The normalized spacial score (nSPS) is 12.8. The highest BCUT2D eigenvalue weighted by Crippen LogP contribution is 2.38. The zero-order valence-electron chi connectivity index (χ0n) is 13.3. The Morgan fingerprint density at radius 2 is 2.12 bits per heavy atom. The molecule has 0 unspecified atom stereocenters. The van der Waals surface area contributed by atoms with Gasteiger partial charge in [-0.25, -0.2) is 4.98 Å². The third-order valence-electron chi connectivity index (χ3n) is 3.63. The van der Waals surface area contributed by atoms with Gasteiger partial charge in [-0.05, 0) is 13.3 Å². The lowest BCUT2D eigenvalue weighted by atomic mass is 10.3. The molecule has 2 aromatic heterocycles. The summed E-state index contributed by atoms with van der Waals surface area (Å²) in [4.78, 5) is 16.5. The molecule has 0 aliphatic carbocycles. The minimum Gasteiger partial charge on any atom is -0.454 e. The topological polar surface area (TPSA) is 78.3 Å². The van der Waals surface area contributed by atoms with Crippen molar-refractivity contribution in [3.63, 3.8) is 0 Å². The molecule has 0 fully saturated rings. The first-order valence-corrected chi connectivity index (χ1v) is 8.53. The van der Waals surface area contributed by atoms with Crippen LogP contribution in [0, 0.1) is 6.92 Å². The SMILES string of the molecule is CCCC(=O)Nc1cc(C)nn1-c1nc2cc3c(cc2s1)OCO3. The number of nitrogens with zero attached hydrogens (tertiary/aromatic N) is 3. The summed E-state index contributed by atoms with van der Waals surface area (Å²) in [5, 5.41) is 8.04. The fraction of sp³-hybridized carbons (Fsp3) is 0.312. The third-order valence-corrected chi connectivity index (χ3v) is 4.62. The molecule has 1 amide bonds. The Morgan fingerprint density at radius 3 is 2.92 bits per heavy atom. The summed E-state index contributed by atoms with van der Waals surface area (Å²) in [6.45, 7) is 4.10. The minimum absolute atomic E-state index is 0.0273. The maximum Gasteiger partial charge on any atom is 0.231 e. The van der Waals surface area contributed by atoms with Gasteiger partial charge in [-0.2, -0.15) is 9.78 Å². The van der Waals surface area contributed by atoms with E-state index in [-0.39, 0.29) is 12.7 Å². The Kier molecular flexibility index (Phi) is 3.61. The van der Waals surface area contributed by atoms with Gasteiger partial charge in [0.15, 0.2) is 11.5 Å². The number of hydrogen-bond acceptors (Lipinski definition) is 6. The summed E-state index contributed by atoms with van der Waals surface area (Å²) >= 11 is 1.49. The summed E-state index contributed by atoms with van der Waals surface area (Å²) in [5.41, 5.74) is 1.63. The fourth-order valence-electron chi connectivity index (χ4n) is 2.56. The zero-order valence-corrected chi connectivity index (χ0v) is 14.1. The number of carbonyl (C=O) groups excluding carboxylic acids is 1. The molecule has 1 aromatic carbocycles. The van der Waals surface area contributed by atoms with Crippen LogP contribution in [0.15, 0.2) is 18.2 Å². The van der Waals surface area contributed by atoms with Crippen molar-refractivity contribution in [1.29, 1.82) is 0 Å². The summed E-state index contributed by atoms with van der Waals surface area (Å²) in [7, 11) is 0. The molecule has 8 heteroatoms. The van der Waals surface area contributed by atoms with Crippen LogP contribution in [-0.2, 0) is 4.79 Å². The van der Waals surface area contributed by atoms with E-state index in [4.69, 9.17) is 9.47 Å². The molecule has 0 spiro atoms. The molecule has 3 aromatic rings. The number of anilines is 1. The van der Waals surface area contributed by atoms with Crippen LogP contribution in [0.2, 0.25) is 0 Å². The quantitative estimate of drug-likeness (QED) is 0.786. The smallest absolute Gasteiger partial charge is 0.231 e. The molecular formula is C16H16N4O3S. The van der Waals surface area contributed by atoms with Crippen LogP contribution in [0.3, 0.4) is 0 Å². The molecule has 124 valence electrons. The molecule has 1 aliphatic rings. The second kappa shape index (κ2) is 5.79. The van der Waals surface area contributed by atoms with Crippen molar-refractivity contribution in [2.45, 2.75) is 26.7 Å². The van der Waals surface area contributed by atoms with E-state index in [9.17, 15) is 4.79 Å². The van der Waals surface area contributed by atoms with Gasteiger partial charge in [0.1, 0.15) is 5.82 Å². The van der Waals surface area contributed by atoms with Crippen molar-refractivity contribution in [2.75, 3.05) is 12.1 Å². The fourth-order valence-corrected chi connectivity index (χ4v) is 3.50. The second-order valence-electron chi connectivity index (χ2n) is 5.55. The first kappa shape index (κ1) is 14.9. The lowest BCUT2D eigenvalue weighted by molar-refractivity contribution is -0.116.